The molecular weight excluding hydrogens is 172 g/mol. The normalized spacial score (nSPS) is 20.0. The first-order valence-electron chi connectivity index (χ1n) is 5.39. The fourth-order valence-corrected chi connectivity index (χ4v) is 2.18. The van der Waals surface area contributed by atoms with Crippen LogP contribution in [0.15, 0.2) is 18.2 Å². The zero-order chi connectivity index (χ0) is 9.97. The summed E-state index contributed by atoms with van der Waals surface area (Å²) < 4.78 is 0. The number of rotatable bonds is 2. The molecule has 0 radical (unpaired) electrons. The molecule has 0 aliphatic carbocycles. The van der Waals surface area contributed by atoms with Crippen molar-refractivity contribution in [3.05, 3.63) is 29.3 Å². The Morgan fingerprint density at radius 1 is 1.50 bits per heavy atom. The second-order valence-electron chi connectivity index (χ2n) is 3.86. The first-order chi connectivity index (χ1) is 6.83. The number of anilines is 1. The van der Waals surface area contributed by atoms with Gasteiger partial charge in [-0.3, -0.25) is 0 Å². The number of hydrogen-bond donors (Lipinski definition) is 2. The third kappa shape index (κ3) is 1.62. The van der Waals surface area contributed by atoms with E-state index in [1.165, 1.54) is 23.2 Å². The van der Waals surface area contributed by atoms with Crippen LogP contribution in [0.3, 0.4) is 0 Å². The standard InChI is InChI=1S/C12H18N2/c1-3-13-11-7-8-14-12-9(2)5-4-6-10(11)12/h4-6,11,13-14H,3,7-8H2,1-2H3. The molecule has 1 atom stereocenters. The molecule has 0 bridgehead atoms. The summed E-state index contributed by atoms with van der Waals surface area (Å²) in [6.07, 6.45) is 1.18. The molecule has 1 aliphatic rings. The highest BCUT2D eigenvalue weighted by molar-refractivity contribution is 5.59. The van der Waals surface area contributed by atoms with Crippen molar-refractivity contribution >= 4 is 5.69 Å². The molecule has 1 aliphatic heterocycles. The van der Waals surface area contributed by atoms with Crippen molar-refractivity contribution in [1.82, 2.24) is 5.32 Å². The van der Waals surface area contributed by atoms with Gasteiger partial charge in [0.25, 0.3) is 0 Å². The minimum absolute atomic E-state index is 0.538. The Morgan fingerprint density at radius 2 is 2.36 bits per heavy atom. The number of benzene rings is 1. The van der Waals surface area contributed by atoms with Crippen molar-refractivity contribution in [2.75, 3.05) is 18.4 Å². The third-order valence-electron chi connectivity index (χ3n) is 2.87. The molecule has 0 saturated heterocycles. The Balaban J connectivity index is 2.34. The summed E-state index contributed by atoms with van der Waals surface area (Å²) in [6.45, 7) is 6.45. The van der Waals surface area contributed by atoms with Gasteiger partial charge < -0.3 is 10.6 Å². The highest BCUT2D eigenvalue weighted by Gasteiger charge is 2.19. The molecular formula is C12H18N2. The van der Waals surface area contributed by atoms with Crippen LogP contribution >= 0.6 is 0 Å². The van der Waals surface area contributed by atoms with Gasteiger partial charge in [-0.15, -0.1) is 0 Å². The maximum Gasteiger partial charge on any atom is 0.0418 e. The topological polar surface area (TPSA) is 24.1 Å². The first-order valence-corrected chi connectivity index (χ1v) is 5.39. The molecule has 1 unspecified atom stereocenters. The van der Waals surface area contributed by atoms with E-state index in [1.807, 2.05) is 0 Å². The molecule has 2 nitrogen and oxygen atoms in total. The predicted molar refractivity (Wildman–Crippen MR) is 60.7 cm³/mol. The average Bonchev–Trinajstić information content (AvgIpc) is 2.20. The average molecular weight is 190 g/mol. The zero-order valence-electron chi connectivity index (χ0n) is 8.93. The van der Waals surface area contributed by atoms with E-state index in [-0.39, 0.29) is 0 Å². The van der Waals surface area contributed by atoms with Gasteiger partial charge in [0.2, 0.25) is 0 Å². The monoisotopic (exact) mass is 190 g/mol. The molecule has 2 rings (SSSR count). The lowest BCUT2D eigenvalue weighted by Gasteiger charge is -2.28. The molecule has 2 N–H and O–H groups in total. The maximum absolute atomic E-state index is 3.53. The number of hydrogen-bond acceptors (Lipinski definition) is 2. The van der Waals surface area contributed by atoms with Crippen LogP contribution in [-0.4, -0.2) is 13.1 Å². The quantitative estimate of drug-likeness (QED) is 0.748. The first kappa shape index (κ1) is 9.53. The van der Waals surface area contributed by atoms with Crippen LogP contribution in [0.1, 0.15) is 30.5 Å². The van der Waals surface area contributed by atoms with E-state index >= 15 is 0 Å². The number of nitrogens with one attached hydrogen (secondary N) is 2. The van der Waals surface area contributed by atoms with Gasteiger partial charge >= 0.3 is 0 Å². The van der Waals surface area contributed by atoms with Crippen LogP contribution in [0.25, 0.3) is 0 Å². The van der Waals surface area contributed by atoms with Crippen LogP contribution in [0.2, 0.25) is 0 Å². The highest BCUT2D eigenvalue weighted by Crippen LogP contribution is 2.31. The molecule has 2 heteroatoms. The lowest BCUT2D eigenvalue weighted by Crippen LogP contribution is -2.28. The summed E-state index contributed by atoms with van der Waals surface area (Å²) in [5, 5.41) is 7.01. The summed E-state index contributed by atoms with van der Waals surface area (Å²) in [5.74, 6) is 0. The zero-order valence-corrected chi connectivity index (χ0v) is 8.93. The van der Waals surface area contributed by atoms with Crippen molar-refractivity contribution in [2.45, 2.75) is 26.3 Å². The second-order valence-corrected chi connectivity index (χ2v) is 3.86. The minimum atomic E-state index is 0.538. The summed E-state index contributed by atoms with van der Waals surface area (Å²) in [4.78, 5) is 0. The van der Waals surface area contributed by atoms with Crippen molar-refractivity contribution in [2.24, 2.45) is 0 Å². The molecule has 14 heavy (non-hydrogen) atoms. The van der Waals surface area contributed by atoms with Gasteiger partial charge in [-0.05, 0) is 31.0 Å². The van der Waals surface area contributed by atoms with Gasteiger partial charge in [-0.1, -0.05) is 25.1 Å². The number of fused-ring (bicyclic) bond motifs is 1. The lowest BCUT2D eigenvalue weighted by molar-refractivity contribution is 0.516. The molecule has 0 saturated carbocycles. The second kappa shape index (κ2) is 4.01. The van der Waals surface area contributed by atoms with E-state index in [2.05, 4.69) is 42.7 Å². The lowest BCUT2D eigenvalue weighted by atomic mass is 9.95. The van der Waals surface area contributed by atoms with Gasteiger partial charge in [0, 0.05) is 18.3 Å². The molecule has 1 heterocycles. The van der Waals surface area contributed by atoms with Gasteiger partial charge in [0.15, 0.2) is 0 Å². The SMILES string of the molecule is CCNC1CCNc2c(C)cccc21. The van der Waals surface area contributed by atoms with Crippen LogP contribution in [0.4, 0.5) is 5.69 Å². The van der Waals surface area contributed by atoms with Crippen molar-refractivity contribution in [1.29, 1.82) is 0 Å². The summed E-state index contributed by atoms with van der Waals surface area (Å²) in [6, 6.07) is 7.07. The van der Waals surface area contributed by atoms with E-state index in [0.717, 1.165) is 13.1 Å². The molecule has 0 aromatic heterocycles. The van der Waals surface area contributed by atoms with Gasteiger partial charge in [-0.25, -0.2) is 0 Å². The van der Waals surface area contributed by atoms with Crippen LogP contribution < -0.4 is 10.6 Å². The van der Waals surface area contributed by atoms with Gasteiger partial charge in [0.05, 0.1) is 0 Å². The van der Waals surface area contributed by atoms with Gasteiger partial charge in [0.1, 0.15) is 0 Å². The largest absolute Gasteiger partial charge is 0.384 e. The Bertz CT molecular complexity index is 320. The molecule has 0 spiro atoms. The van der Waals surface area contributed by atoms with Crippen molar-refractivity contribution < 1.29 is 0 Å². The Labute approximate surface area is 85.7 Å². The molecule has 1 aromatic carbocycles. The third-order valence-corrected chi connectivity index (χ3v) is 2.87. The fourth-order valence-electron chi connectivity index (χ4n) is 2.18. The van der Waals surface area contributed by atoms with Crippen LogP contribution in [0.5, 0.6) is 0 Å². The predicted octanol–water partition coefficient (Wildman–Crippen LogP) is 2.46. The Morgan fingerprint density at radius 3 is 3.14 bits per heavy atom. The fraction of sp³-hybridized carbons (Fsp3) is 0.500. The number of aryl methyl sites for hydroxylation is 1. The van der Waals surface area contributed by atoms with Crippen molar-refractivity contribution in [3.8, 4) is 0 Å². The van der Waals surface area contributed by atoms with E-state index in [4.69, 9.17) is 0 Å². The van der Waals surface area contributed by atoms with E-state index in [0.29, 0.717) is 6.04 Å². The summed E-state index contributed by atoms with van der Waals surface area (Å²) in [7, 11) is 0. The molecule has 76 valence electrons. The maximum atomic E-state index is 3.53. The minimum Gasteiger partial charge on any atom is -0.384 e. The van der Waals surface area contributed by atoms with E-state index in [9.17, 15) is 0 Å². The van der Waals surface area contributed by atoms with Crippen molar-refractivity contribution in [3.63, 3.8) is 0 Å². The van der Waals surface area contributed by atoms with Crippen LogP contribution in [-0.2, 0) is 0 Å². The number of para-hydroxylation sites is 1. The summed E-state index contributed by atoms with van der Waals surface area (Å²) in [5.41, 5.74) is 4.12. The van der Waals surface area contributed by atoms with E-state index in [1.54, 1.807) is 0 Å². The Kier molecular flexibility index (Phi) is 2.73. The van der Waals surface area contributed by atoms with Crippen LogP contribution in [0, 0.1) is 6.92 Å². The van der Waals surface area contributed by atoms with Gasteiger partial charge in [-0.2, -0.15) is 0 Å². The Hall–Kier alpha value is -1.02. The molecule has 0 fully saturated rings. The van der Waals surface area contributed by atoms with E-state index < -0.39 is 0 Å². The smallest absolute Gasteiger partial charge is 0.0418 e. The molecule has 0 amide bonds. The molecule has 1 aromatic rings. The summed E-state index contributed by atoms with van der Waals surface area (Å²) >= 11 is 0. The highest BCUT2D eigenvalue weighted by atomic mass is 15.0.